The number of aliphatic hydroxyl groups is 1. The minimum Gasteiger partial charge on any atom is -0.386 e. The van der Waals surface area contributed by atoms with Crippen molar-refractivity contribution in [3.05, 3.63) is 33.9 Å². The largest absolute Gasteiger partial charge is 0.386 e. The Morgan fingerprint density at radius 3 is 2.94 bits per heavy atom. The zero-order chi connectivity index (χ0) is 13.2. The first-order valence-corrected chi connectivity index (χ1v) is 5.79. The number of nitro groups is 1. The standard InChI is InChI=1S/C12H16N2O4/c1-9-6-10(14(16)17)2-3-11(9)13-7-12(15)4-5-18-8-12/h2-3,6,13,15H,4-5,7-8H2,1H3. The van der Waals surface area contributed by atoms with Crippen molar-refractivity contribution >= 4 is 11.4 Å². The van der Waals surface area contributed by atoms with Crippen molar-refractivity contribution in [2.45, 2.75) is 18.9 Å². The van der Waals surface area contributed by atoms with Gasteiger partial charge in [0.25, 0.3) is 5.69 Å². The molecule has 1 aliphatic heterocycles. The highest BCUT2D eigenvalue weighted by Crippen LogP contribution is 2.23. The number of nitro benzene ring substituents is 1. The molecule has 18 heavy (non-hydrogen) atoms. The van der Waals surface area contributed by atoms with Crippen LogP contribution in [0.15, 0.2) is 18.2 Å². The molecule has 0 bridgehead atoms. The number of ether oxygens (including phenoxy) is 1. The van der Waals surface area contributed by atoms with Gasteiger partial charge in [-0.05, 0) is 18.6 Å². The Kier molecular flexibility index (Phi) is 3.49. The van der Waals surface area contributed by atoms with Gasteiger partial charge in [0.15, 0.2) is 0 Å². The first kappa shape index (κ1) is 12.8. The van der Waals surface area contributed by atoms with E-state index in [0.29, 0.717) is 26.2 Å². The van der Waals surface area contributed by atoms with Gasteiger partial charge in [0.05, 0.1) is 11.5 Å². The van der Waals surface area contributed by atoms with Crippen LogP contribution >= 0.6 is 0 Å². The Labute approximate surface area is 105 Å². The summed E-state index contributed by atoms with van der Waals surface area (Å²) in [5.74, 6) is 0. The van der Waals surface area contributed by atoms with Gasteiger partial charge in [-0.1, -0.05) is 0 Å². The van der Waals surface area contributed by atoms with Crippen molar-refractivity contribution in [2.24, 2.45) is 0 Å². The highest BCUT2D eigenvalue weighted by Gasteiger charge is 2.31. The predicted octanol–water partition coefficient (Wildman–Crippen LogP) is 1.47. The molecule has 1 fully saturated rings. The highest BCUT2D eigenvalue weighted by atomic mass is 16.6. The number of hydrogen-bond acceptors (Lipinski definition) is 5. The molecule has 0 spiro atoms. The number of nitrogens with one attached hydrogen (secondary N) is 1. The summed E-state index contributed by atoms with van der Waals surface area (Å²) < 4.78 is 5.15. The van der Waals surface area contributed by atoms with E-state index in [2.05, 4.69) is 5.32 Å². The topological polar surface area (TPSA) is 84.6 Å². The molecule has 1 unspecified atom stereocenters. The molecule has 98 valence electrons. The van der Waals surface area contributed by atoms with Crippen LogP contribution < -0.4 is 5.32 Å². The number of nitrogens with zero attached hydrogens (tertiary/aromatic N) is 1. The van der Waals surface area contributed by atoms with Gasteiger partial charge in [-0.15, -0.1) is 0 Å². The molecule has 6 nitrogen and oxygen atoms in total. The summed E-state index contributed by atoms with van der Waals surface area (Å²) in [6, 6.07) is 4.62. The van der Waals surface area contributed by atoms with Crippen LogP contribution in [0.2, 0.25) is 0 Å². The Morgan fingerprint density at radius 2 is 2.39 bits per heavy atom. The number of hydrogen-bond donors (Lipinski definition) is 2. The third kappa shape index (κ3) is 2.77. The van der Waals surface area contributed by atoms with Gasteiger partial charge in [-0.2, -0.15) is 0 Å². The van der Waals surface area contributed by atoms with E-state index in [1.807, 2.05) is 0 Å². The Morgan fingerprint density at radius 1 is 1.61 bits per heavy atom. The molecule has 0 aromatic heterocycles. The van der Waals surface area contributed by atoms with Crippen molar-refractivity contribution in [1.82, 2.24) is 0 Å². The van der Waals surface area contributed by atoms with E-state index >= 15 is 0 Å². The van der Waals surface area contributed by atoms with Gasteiger partial charge in [0.2, 0.25) is 0 Å². The molecule has 2 N–H and O–H groups in total. The maximum Gasteiger partial charge on any atom is 0.269 e. The fraction of sp³-hybridized carbons (Fsp3) is 0.500. The molecular formula is C12H16N2O4. The van der Waals surface area contributed by atoms with Crippen LogP contribution in [-0.2, 0) is 4.74 Å². The number of aryl methyl sites for hydroxylation is 1. The van der Waals surface area contributed by atoms with Crippen molar-refractivity contribution < 1.29 is 14.8 Å². The summed E-state index contributed by atoms with van der Waals surface area (Å²) in [6.07, 6.45) is 0.603. The molecule has 1 heterocycles. The molecule has 1 saturated heterocycles. The van der Waals surface area contributed by atoms with E-state index in [4.69, 9.17) is 4.74 Å². The number of non-ortho nitro benzene ring substituents is 1. The van der Waals surface area contributed by atoms with E-state index in [-0.39, 0.29) is 5.69 Å². The average molecular weight is 252 g/mol. The fourth-order valence-electron chi connectivity index (χ4n) is 1.96. The van der Waals surface area contributed by atoms with Gasteiger partial charge >= 0.3 is 0 Å². The molecule has 1 aromatic carbocycles. The molecule has 0 radical (unpaired) electrons. The quantitative estimate of drug-likeness (QED) is 0.626. The second-order valence-electron chi connectivity index (χ2n) is 4.64. The minimum absolute atomic E-state index is 0.0703. The summed E-state index contributed by atoms with van der Waals surface area (Å²) in [5.41, 5.74) is 0.808. The van der Waals surface area contributed by atoms with Gasteiger partial charge < -0.3 is 15.2 Å². The Balaban J connectivity index is 2.03. The van der Waals surface area contributed by atoms with E-state index in [1.165, 1.54) is 12.1 Å². The highest BCUT2D eigenvalue weighted by molar-refractivity contribution is 5.55. The predicted molar refractivity (Wildman–Crippen MR) is 66.7 cm³/mol. The number of benzene rings is 1. The maximum atomic E-state index is 10.6. The lowest BCUT2D eigenvalue weighted by Crippen LogP contribution is -2.37. The summed E-state index contributed by atoms with van der Waals surface area (Å²) >= 11 is 0. The second kappa shape index (κ2) is 4.91. The van der Waals surface area contributed by atoms with E-state index < -0.39 is 10.5 Å². The summed E-state index contributed by atoms with van der Waals surface area (Å²) in [5, 5.41) is 23.8. The van der Waals surface area contributed by atoms with Crippen molar-refractivity contribution in [1.29, 1.82) is 0 Å². The first-order chi connectivity index (χ1) is 8.50. The van der Waals surface area contributed by atoms with Gasteiger partial charge in [-0.3, -0.25) is 10.1 Å². The number of rotatable bonds is 4. The summed E-state index contributed by atoms with van der Waals surface area (Å²) in [6.45, 7) is 3.07. The SMILES string of the molecule is Cc1cc([N+](=O)[O-])ccc1NCC1(O)CCOC1. The smallest absolute Gasteiger partial charge is 0.269 e. The third-order valence-electron chi connectivity index (χ3n) is 3.11. The van der Waals surface area contributed by atoms with Crippen LogP contribution in [0.5, 0.6) is 0 Å². The van der Waals surface area contributed by atoms with E-state index in [9.17, 15) is 15.2 Å². The van der Waals surface area contributed by atoms with Crippen LogP contribution in [0.3, 0.4) is 0 Å². The average Bonchev–Trinajstić information content (AvgIpc) is 2.75. The minimum atomic E-state index is -0.839. The molecule has 1 aliphatic rings. The molecule has 6 heteroatoms. The van der Waals surface area contributed by atoms with Gasteiger partial charge in [-0.25, -0.2) is 0 Å². The van der Waals surface area contributed by atoms with Crippen molar-refractivity contribution in [3.63, 3.8) is 0 Å². The van der Waals surface area contributed by atoms with Crippen LogP contribution in [0, 0.1) is 17.0 Å². The lowest BCUT2D eigenvalue weighted by Gasteiger charge is -2.22. The van der Waals surface area contributed by atoms with Crippen LogP contribution in [-0.4, -0.2) is 35.4 Å². The summed E-state index contributed by atoms with van der Waals surface area (Å²) in [4.78, 5) is 10.2. The van der Waals surface area contributed by atoms with E-state index in [1.54, 1.807) is 13.0 Å². The lowest BCUT2D eigenvalue weighted by molar-refractivity contribution is -0.384. The first-order valence-electron chi connectivity index (χ1n) is 5.79. The van der Waals surface area contributed by atoms with Crippen molar-refractivity contribution in [2.75, 3.05) is 25.1 Å². The zero-order valence-electron chi connectivity index (χ0n) is 10.2. The molecule has 0 amide bonds. The molecule has 1 aromatic rings. The van der Waals surface area contributed by atoms with Crippen LogP contribution in [0.4, 0.5) is 11.4 Å². The molecule has 1 atom stereocenters. The molecule has 0 saturated carbocycles. The van der Waals surface area contributed by atoms with Crippen LogP contribution in [0.1, 0.15) is 12.0 Å². The molecular weight excluding hydrogens is 236 g/mol. The fourth-order valence-corrected chi connectivity index (χ4v) is 1.96. The van der Waals surface area contributed by atoms with Gasteiger partial charge in [0.1, 0.15) is 5.60 Å². The maximum absolute atomic E-state index is 10.6. The summed E-state index contributed by atoms with van der Waals surface area (Å²) in [7, 11) is 0. The molecule has 2 rings (SSSR count). The van der Waals surface area contributed by atoms with Crippen LogP contribution in [0.25, 0.3) is 0 Å². The lowest BCUT2D eigenvalue weighted by atomic mass is 10.0. The Hall–Kier alpha value is -1.66. The second-order valence-corrected chi connectivity index (χ2v) is 4.64. The van der Waals surface area contributed by atoms with Gasteiger partial charge in [0, 0.05) is 37.4 Å². The third-order valence-corrected chi connectivity index (χ3v) is 3.11. The monoisotopic (exact) mass is 252 g/mol. The Bertz CT molecular complexity index is 455. The normalized spacial score (nSPS) is 23.0. The van der Waals surface area contributed by atoms with E-state index in [0.717, 1.165) is 11.3 Å². The van der Waals surface area contributed by atoms with Crippen molar-refractivity contribution in [3.8, 4) is 0 Å². The number of anilines is 1. The zero-order valence-corrected chi connectivity index (χ0v) is 10.2. The molecule has 0 aliphatic carbocycles.